The van der Waals surface area contributed by atoms with E-state index in [0.717, 1.165) is 51.9 Å². The summed E-state index contributed by atoms with van der Waals surface area (Å²) in [7, 11) is 0. The number of nitrogens with one attached hydrogen (secondary N) is 2. The summed E-state index contributed by atoms with van der Waals surface area (Å²) in [5, 5.41) is 135. The van der Waals surface area contributed by atoms with E-state index in [1.807, 2.05) is 18.2 Å². The van der Waals surface area contributed by atoms with Crippen LogP contribution in [0.2, 0.25) is 0 Å². The van der Waals surface area contributed by atoms with Crippen LogP contribution in [0.5, 0.6) is 0 Å². The molecule has 14 N–H and O–H groups in total. The molecule has 2 amide bonds. The van der Waals surface area contributed by atoms with Crippen LogP contribution in [0.3, 0.4) is 0 Å². The summed E-state index contributed by atoms with van der Waals surface area (Å²) in [6.07, 6.45) is 2.59. The van der Waals surface area contributed by atoms with Gasteiger partial charge in [0.1, 0.15) is 67.1 Å². The Kier molecular flexibility index (Phi) is 33.6. The average molecular weight is 1120 g/mol. The number of rotatable bonds is 39. The summed E-state index contributed by atoms with van der Waals surface area (Å²) < 4.78 is 34.5. The molecule has 0 bridgehead atoms. The molecule has 3 heterocycles. The fourth-order valence-corrected chi connectivity index (χ4v) is 9.70. The molecule has 3 aliphatic rings. The van der Waals surface area contributed by atoms with E-state index in [-0.39, 0.29) is 6.42 Å². The summed E-state index contributed by atoms with van der Waals surface area (Å²) in [4.78, 5) is 38.2. The van der Waals surface area contributed by atoms with Gasteiger partial charge in [0.15, 0.2) is 12.6 Å². The Morgan fingerprint density at radius 3 is 1.81 bits per heavy atom. The number of aliphatic hydroxyl groups excluding tert-OH is 11. The van der Waals surface area contributed by atoms with Crippen LogP contribution in [0.15, 0.2) is 36.5 Å². The van der Waals surface area contributed by atoms with E-state index >= 15 is 0 Å². The number of aliphatic hydroxyl groups is 11. The van der Waals surface area contributed by atoms with Gasteiger partial charge in [-0.25, -0.2) is 4.79 Å². The van der Waals surface area contributed by atoms with E-state index in [9.17, 15) is 75.7 Å². The molecule has 0 aromatic carbocycles. The lowest BCUT2D eigenvalue weighted by Gasteiger charge is -2.50. The minimum absolute atomic E-state index is 0.0924. The van der Waals surface area contributed by atoms with Crippen LogP contribution in [-0.4, -0.2) is 215 Å². The van der Waals surface area contributed by atoms with Gasteiger partial charge in [-0.2, -0.15) is 0 Å². The largest absolute Gasteiger partial charge is 0.477 e. The first-order valence-electron chi connectivity index (χ1n) is 28.4. The molecule has 452 valence electrons. The average Bonchev–Trinajstić information content (AvgIpc) is 3.51. The lowest BCUT2D eigenvalue weighted by atomic mass is 9.88. The van der Waals surface area contributed by atoms with Crippen LogP contribution in [0.25, 0.3) is 0 Å². The van der Waals surface area contributed by atoms with Crippen LogP contribution in [0, 0.1) is 0 Å². The van der Waals surface area contributed by atoms with Gasteiger partial charge in [-0.15, -0.1) is 0 Å². The van der Waals surface area contributed by atoms with Crippen molar-refractivity contribution in [3.8, 4) is 0 Å². The molecule has 18 unspecified atom stereocenters. The first-order chi connectivity index (χ1) is 37.4. The minimum Gasteiger partial charge on any atom is -0.477 e. The second kappa shape index (κ2) is 37.9. The lowest BCUT2D eigenvalue weighted by Crippen LogP contribution is -2.70. The molecule has 23 heteroatoms. The van der Waals surface area contributed by atoms with Crippen molar-refractivity contribution in [1.29, 1.82) is 0 Å². The molecule has 23 nitrogen and oxygen atoms in total. The van der Waals surface area contributed by atoms with Crippen LogP contribution >= 0.6 is 0 Å². The highest BCUT2D eigenvalue weighted by Gasteiger charge is 2.60. The number of carbonyl (C=O) groups is 3. The number of carboxylic acid groups (broad SMARTS) is 1. The molecular weight excluding hydrogens is 1020 g/mol. The van der Waals surface area contributed by atoms with E-state index in [1.165, 1.54) is 64.2 Å². The number of unbranched alkanes of at least 4 members (excludes halogenated alkanes) is 15. The van der Waals surface area contributed by atoms with E-state index < -0.39 is 160 Å². The summed E-state index contributed by atoms with van der Waals surface area (Å²) in [6, 6.07) is -2.65. The predicted molar refractivity (Wildman–Crippen MR) is 283 cm³/mol. The van der Waals surface area contributed by atoms with Gasteiger partial charge in [-0.3, -0.25) is 9.59 Å². The van der Waals surface area contributed by atoms with E-state index in [4.69, 9.17) is 28.4 Å². The predicted octanol–water partition coefficient (Wildman–Crippen LogP) is 1.16. The SMILES string of the molecule is CCCCCCCC/C=C\C/C=C\CCC(=O)NC(COC1OC(CO)C(OC2OC(CO)C(O)C(OC3(C(=O)O)CC(O)C(NC(C)=O)C(C(O)C(O)CO)O3)C2O)C(O)C1O)C(O)/C=C/CCCCCCCCCCC. The fourth-order valence-electron chi connectivity index (χ4n) is 9.70. The molecule has 0 saturated carbocycles. The third-order valence-electron chi connectivity index (χ3n) is 14.3. The van der Waals surface area contributed by atoms with E-state index in [1.54, 1.807) is 6.08 Å². The molecule has 3 fully saturated rings. The number of carbonyl (C=O) groups excluding carboxylic acids is 2. The van der Waals surface area contributed by atoms with Crippen molar-refractivity contribution in [3.63, 3.8) is 0 Å². The minimum atomic E-state index is -3.08. The summed E-state index contributed by atoms with van der Waals surface area (Å²) in [5.74, 6) is -6.22. The van der Waals surface area contributed by atoms with Gasteiger partial charge in [0.25, 0.3) is 5.79 Å². The lowest BCUT2D eigenvalue weighted by molar-refractivity contribution is -0.386. The number of amides is 2. The third kappa shape index (κ3) is 22.7. The van der Waals surface area contributed by atoms with Crippen molar-refractivity contribution in [2.45, 2.75) is 265 Å². The van der Waals surface area contributed by atoms with Crippen molar-refractivity contribution in [1.82, 2.24) is 10.6 Å². The van der Waals surface area contributed by atoms with Crippen molar-refractivity contribution >= 4 is 17.8 Å². The van der Waals surface area contributed by atoms with Gasteiger partial charge in [0.05, 0.1) is 50.7 Å². The number of hydrogen-bond acceptors (Lipinski definition) is 20. The summed E-state index contributed by atoms with van der Waals surface area (Å²) in [6.45, 7) is 1.99. The number of hydrogen-bond donors (Lipinski definition) is 14. The topological polar surface area (TPSA) is 373 Å². The number of carboxylic acids is 1. The zero-order valence-electron chi connectivity index (χ0n) is 46.0. The van der Waals surface area contributed by atoms with Crippen LogP contribution in [0.1, 0.15) is 156 Å². The molecular formula is C55H96N2O21. The molecule has 3 saturated heterocycles. The Morgan fingerprint density at radius 1 is 0.679 bits per heavy atom. The second-order valence-electron chi connectivity index (χ2n) is 20.8. The zero-order chi connectivity index (χ0) is 57.6. The van der Waals surface area contributed by atoms with Gasteiger partial charge in [0.2, 0.25) is 11.8 Å². The summed E-state index contributed by atoms with van der Waals surface area (Å²) >= 11 is 0. The number of ether oxygens (including phenoxy) is 6. The molecule has 78 heavy (non-hydrogen) atoms. The van der Waals surface area contributed by atoms with E-state index in [2.05, 4.69) is 36.6 Å². The maximum atomic E-state index is 13.3. The second-order valence-corrected chi connectivity index (χ2v) is 20.8. The number of aliphatic carboxylic acids is 1. The van der Waals surface area contributed by atoms with Crippen molar-refractivity contribution in [3.05, 3.63) is 36.5 Å². The molecule has 0 spiro atoms. The molecule has 3 aliphatic heterocycles. The van der Waals surface area contributed by atoms with Gasteiger partial charge >= 0.3 is 5.97 Å². The molecule has 3 rings (SSSR count). The van der Waals surface area contributed by atoms with Gasteiger partial charge < -0.3 is 100 Å². The molecule has 0 aliphatic carbocycles. The molecule has 18 atom stereocenters. The van der Waals surface area contributed by atoms with Crippen LogP contribution < -0.4 is 10.6 Å². The highest BCUT2D eigenvalue weighted by atomic mass is 16.8. The maximum Gasteiger partial charge on any atom is 0.364 e. The van der Waals surface area contributed by atoms with Crippen LogP contribution in [-0.2, 0) is 42.8 Å². The van der Waals surface area contributed by atoms with E-state index in [0.29, 0.717) is 12.8 Å². The normalized spacial score (nSPS) is 31.4. The van der Waals surface area contributed by atoms with Crippen LogP contribution in [0.4, 0.5) is 0 Å². The zero-order valence-corrected chi connectivity index (χ0v) is 46.0. The quantitative estimate of drug-likeness (QED) is 0.0303. The third-order valence-corrected chi connectivity index (χ3v) is 14.3. The Bertz CT molecular complexity index is 1760. The van der Waals surface area contributed by atoms with Gasteiger partial charge in [0, 0.05) is 19.8 Å². The fraction of sp³-hybridized carbons (Fsp3) is 0.836. The Labute approximate surface area is 459 Å². The Morgan fingerprint density at radius 2 is 1.24 bits per heavy atom. The summed E-state index contributed by atoms with van der Waals surface area (Å²) in [5.41, 5.74) is 0. The van der Waals surface area contributed by atoms with Gasteiger partial charge in [-0.05, 0) is 38.5 Å². The highest BCUT2D eigenvalue weighted by Crippen LogP contribution is 2.38. The first-order valence-corrected chi connectivity index (χ1v) is 28.4. The van der Waals surface area contributed by atoms with Gasteiger partial charge in [-0.1, -0.05) is 134 Å². The smallest absolute Gasteiger partial charge is 0.364 e. The Balaban J connectivity index is 1.72. The van der Waals surface area contributed by atoms with Crippen molar-refractivity contribution in [2.75, 3.05) is 26.4 Å². The van der Waals surface area contributed by atoms with Crippen molar-refractivity contribution < 1.29 is 104 Å². The first kappa shape index (κ1) is 69.2. The monoisotopic (exact) mass is 1120 g/mol. The Hall–Kier alpha value is -3.05. The standard InChI is InChI=1S/C55H96N2O21/c1-4-6-8-10-12-14-16-17-19-21-23-25-27-29-42(65)57-36(37(62)28-26-24-22-20-18-15-13-11-9-7-5-2)34-73-52-47(69)46(68)49(41(33-60)75-52)76-53-48(70)51(45(67)40(32-59)74-53)78-55(54(71)72)30-38(63)43(56-35(3)61)50(77-55)44(66)39(64)31-58/h17,19,23,25-26,28,36-41,43-53,58-60,62-64,66-70H,4-16,18,20-22,24,27,29-34H2,1-3H3,(H,56,61)(H,57,65)(H,71,72)/b19-17-,25-23-,28-26+. The molecule has 0 radical (unpaired) electrons. The maximum absolute atomic E-state index is 13.3. The van der Waals surface area contributed by atoms with Crippen molar-refractivity contribution in [2.24, 2.45) is 0 Å². The highest BCUT2D eigenvalue weighted by molar-refractivity contribution is 5.77. The molecule has 0 aromatic heterocycles. The number of allylic oxidation sites excluding steroid dienone is 5. The molecule has 0 aromatic rings.